The van der Waals surface area contributed by atoms with Crippen LogP contribution in [0.25, 0.3) is 0 Å². The highest BCUT2D eigenvalue weighted by Gasteiger charge is 2.22. The molecular formula is C15H19N3O2S. The van der Waals surface area contributed by atoms with E-state index >= 15 is 0 Å². The van der Waals surface area contributed by atoms with Gasteiger partial charge >= 0.3 is 0 Å². The van der Waals surface area contributed by atoms with Crippen LogP contribution >= 0.6 is 0 Å². The van der Waals surface area contributed by atoms with Crippen LogP contribution in [0, 0.1) is 13.8 Å². The number of aryl methyl sites for hydroxylation is 2. The van der Waals surface area contributed by atoms with Crippen molar-refractivity contribution in [2.75, 3.05) is 12.8 Å². The van der Waals surface area contributed by atoms with Gasteiger partial charge in [0.25, 0.3) is 0 Å². The summed E-state index contributed by atoms with van der Waals surface area (Å²) in [4.78, 5) is 4.53. The SMILES string of the molecule is Cc1cc(N)cc(S(=O)(=O)N(C)Cc2cccc(C)n2)c1. The van der Waals surface area contributed by atoms with E-state index in [2.05, 4.69) is 4.98 Å². The predicted octanol–water partition coefficient (Wildman–Crippen LogP) is 2.10. The summed E-state index contributed by atoms with van der Waals surface area (Å²) in [6.07, 6.45) is 0. The maximum Gasteiger partial charge on any atom is 0.243 e. The minimum absolute atomic E-state index is 0.204. The molecule has 0 atom stereocenters. The van der Waals surface area contributed by atoms with Crippen LogP contribution in [0.15, 0.2) is 41.3 Å². The topological polar surface area (TPSA) is 76.3 Å². The maximum atomic E-state index is 12.6. The van der Waals surface area contributed by atoms with E-state index < -0.39 is 10.0 Å². The molecule has 0 amide bonds. The lowest BCUT2D eigenvalue weighted by Crippen LogP contribution is -2.27. The number of nitrogens with zero attached hydrogens (tertiary/aromatic N) is 2. The van der Waals surface area contributed by atoms with Gasteiger partial charge in [0.15, 0.2) is 0 Å². The lowest BCUT2D eigenvalue weighted by molar-refractivity contribution is 0.462. The van der Waals surface area contributed by atoms with Crippen LogP contribution in [0.2, 0.25) is 0 Å². The standard InChI is InChI=1S/C15H19N3O2S/c1-11-7-13(16)9-15(8-11)21(19,20)18(3)10-14-6-4-5-12(2)17-14/h4-9H,10,16H2,1-3H3. The van der Waals surface area contributed by atoms with Gasteiger partial charge in [0, 0.05) is 18.4 Å². The van der Waals surface area contributed by atoms with Crippen LogP contribution in [-0.2, 0) is 16.6 Å². The van der Waals surface area contributed by atoms with Crippen molar-refractivity contribution in [1.29, 1.82) is 0 Å². The molecule has 0 aliphatic heterocycles. The number of anilines is 1. The third-order valence-electron chi connectivity index (χ3n) is 3.11. The average Bonchev–Trinajstić information content (AvgIpc) is 2.37. The Labute approximate surface area is 125 Å². The Bertz CT molecular complexity index is 737. The van der Waals surface area contributed by atoms with Gasteiger partial charge in [0.2, 0.25) is 10.0 Å². The summed E-state index contributed by atoms with van der Waals surface area (Å²) in [6.45, 7) is 3.91. The van der Waals surface area contributed by atoms with Crippen molar-refractivity contribution < 1.29 is 8.42 Å². The van der Waals surface area contributed by atoms with Crippen LogP contribution in [0.3, 0.4) is 0 Å². The highest BCUT2D eigenvalue weighted by molar-refractivity contribution is 7.89. The first-order chi connectivity index (χ1) is 9.79. The summed E-state index contributed by atoms with van der Waals surface area (Å²) in [5.41, 5.74) is 8.56. The monoisotopic (exact) mass is 305 g/mol. The van der Waals surface area contributed by atoms with Gasteiger partial charge in [-0.3, -0.25) is 4.98 Å². The number of aromatic nitrogens is 1. The molecule has 0 saturated heterocycles. The van der Waals surface area contributed by atoms with Crippen LogP contribution in [0.5, 0.6) is 0 Å². The Morgan fingerprint density at radius 2 is 1.90 bits per heavy atom. The zero-order chi connectivity index (χ0) is 15.6. The Morgan fingerprint density at radius 1 is 1.19 bits per heavy atom. The Hall–Kier alpha value is -1.92. The van der Waals surface area contributed by atoms with E-state index in [0.29, 0.717) is 11.4 Å². The molecule has 1 heterocycles. The van der Waals surface area contributed by atoms with E-state index in [0.717, 1.165) is 11.3 Å². The fourth-order valence-corrected chi connectivity index (χ4v) is 3.39. The minimum atomic E-state index is -3.58. The third kappa shape index (κ3) is 3.59. The Kier molecular flexibility index (Phi) is 4.29. The number of pyridine rings is 1. The molecule has 0 fully saturated rings. The van der Waals surface area contributed by atoms with Crippen LogP contribution in [0.4, 0.5) is 5.69 Å². The highest BCUT2D eigenvalue weighted by Crippen LogP contribution is 2.20. The molecule has 1 aromatic carbocycles. The quantitative estimate of drug-likeness (QED) is 0.878. The summed E-state index contributed by atoms with van der Waals surface area (Å²) in [5.74, 6) is 0. The molecule has 0 bridgehead atoms. The van der Waals surface area contributed by atoms with Crippen molar-refractivity contribution in [2.24, 2.45) is 0 Å². The molecule has 2 rings (SSSR count). The molecule has 0 aliphatic carbocycles. The zero-order valence-electron chi connectivity index (χ0n) is 12.4. The smallest absolute Gasteiger partial charge is 0.243 e. The van der Waals surface area contributed by atoms with E-state index in [4.69, 9.17) is 5.73 Å². The van der Waals surface area contributed by atoms with Crippen molar-refractivity contribution in [1.82, 2.24) is 9.29 Å². The van der Waals surface area contributed by atoms with E-state index in [9.17, 15) is 8.42 Å². The van der Waals surface area contributed by atoms with Gasteiger partial charge < -0.3 is 5.73 Å². The van der Waals surface area contributed by atoms with Gasteiger partial charge in [-0.25, -0.2) is 8.42 Å². The van der Waals surface area contributed by atoms with Crippen LogP contribution < -0.4 is 5.73 Å². The summed E-state index contributed by atoms with van der Waals surface area (Å²) in [5, 5.41) is 0. The number of rotatable bonds is 4. The lowest BCUT2D eigenvalue weighted by atomic mass is 10.2. The number of nitrogen functional groups attached to an aromatic ring is 1. The van der Waals surface area contributed by atoms with Crippen molar-refractivity contribution in [3.8, 4) is 0 Å². The Morgan fingerprint density at radius 3 is 2.52 bits per heavy atom. The second-order valence-corrected chi connectivity index (χ2v) is 7.16. The highest BCUT2D eigenvalue weighted by atomic mass is 32.2. The maximum absolute atomic E-state index is 12.6. The summed E-state index contributed by atoms with van der Waals surface area (Å²) < 4.78 is 26.4. The second kappa shape index (κ2) is 5.83. The first-order valence-electron chi connectivity index (χ1n) is 6.55. The molecule has 0 aliphatic rings. The molecule has 1 aromatic heterocycles. The predicted molar refractivity (Wildman–Crippen MR) is 83.2 cm³/mol. The van der Waals surface area contributed by atoms with Gasteiger partial charge in [-0.2, -0.15) is 4.31 Å². The van der Waals surface area contributed by atoms with Gasteiger partial charge in [-0.05, 0) is 49.7 Å². The largest absolute Gasteiger partial charge is 0.399 e. The minimum Gasteiger partial charge on any atom is -0.399 e. The molecule has 0 saturated carbocycles. The normalized spacial score (nSPS) is 11.8. The van der Waals surface area contributed by atoms with E-state index in [1.807, 2.05) is 32.0 Å². The number of hydrogen-bond donors (Lipinski definition) is 1. The first kappa shape index (κ1) is 15.5. The lowest BCUT2D eigenvalue weighted by Gasteiger charge is -2.17. The van der Waals surface area contributed by atoms with Crippen molar-refractivity contribution >= 4 is 15.7 Å². The van der Waals surface area contributed by atoms with E-state index in [-0.39, 0.29) is 11.4 Å². The van der Waals surface area contributed by atoms with Crippen LogP contribution in [-0.4, -0.2) is 24.8 Å². The molecule has 21 heavy (non-hydrogen) atoms. The fraction of sp³-hybridized carbons (Fsp3) is 0.267. The molecule has 0 spiro atoms. The second-order valence-electron chi connectivity index (χ2n) is 5.11. The van der Waals surface area contributed by atoms with Gasteiger partial charge in [0.1, 0.15) is 0 Å². The summed E-state index contributed by atoms with van der Waals surface area (Å²) in [7, 11) is -2.04. The molecule has 2 N–H and O–H groups in total. The Balaban J connectivity index is 2.30. The average molecular weight is 305 g/mol. The number of nitrogens with two attached hydrogens (primary N) is 1. The zero-order valence-corrected chi connectivity index (χ0v) is 13.2. The molecule has 2 aromatic rings. The summed E-state index contributed by atoms with van der Waals surface area (Å²) >= 11 is 0. The fourth-order valence-electron chi connectivity index (χ4n) is 2.11. The number of sulfonamides is 1. The van der Waals surface area contributed by atoms with E-state index in [1.165, 1.54) is 17.4 Å². The van der Waals surface area contributed by atoms with E-state index in [1.54, 1.807) is 12.1 Å². The molecule has 6 heteroatoms. The molecule has 112 valence electrons. The van der Waals surface area contributed by atoms with Gasteiger partial charge in [-0.1, -0.05) is 6.07 Å². The molecule has 0 unspecified atom stereocenters. The molecule has 5 nitrogen and oxygen atoms in total. The molecular weight excluding hydrogens is 286 g/mol. The summed E-state index contributed by atoms with van der Waals surface area (Å²) in [6, 6.07) is 10.4. The number of hydrogen-bond acceptors (Lipinski definition) is 4. The van der Waals surface area contributed by atoms with Crippen molar-refractivity contribution in [2.45, 2.75) is 25.3 Å². The van der Waals surface area contributed by atoms with Crippen molar-refractivity contribution in [3.63, 3.8) is 0 Å². The van der Waals surface area contributed by atoms with Gasteiger partial charge in [0.05, 0.1) is 17.1 Å². The van der Waals surface area contributed by atoms with Gasteiger partial charge in [-0.15, -0.1) is 0 Å². The van der Waals surface area contributed by atoms with Crippen molar-refractivity contribution in [3.05, 3.63) is 53.3 Å². The third-order valence-corrected chi connectivity index (χ3v) is 4.89. The first-order valence-corrected chi connectivity index (χ1v) is 7.99. The number of benzene rings is 1. The molecule has 0 radical (unpaired) electrons. The van der Waals surface area contributed by atoms with Crippen LogP contribution in [0.1, 0.15) is 17.0 Å².